The van der Waals surface area contributed by atoms with Crippen LogP contribution >= 0.6 is 0 Å². The van der Waals surface area contributed by atoms with Crippen molar-refractivity contribution in [2.45, 2.75) is 11.4 Å². The average molecular weight is 215 g/mol. The molecule has 1 rings (SSSR count). The molecule has 0 amide bonds. The topological polar surface area (TPSA) is 69.4 Å². The van der Waals surface area contributed by atoms with Crippen LogP contribution in [0.1, 0.15) is 5.56 Å². The number of methoxy groups -OCH3 is 1. The second kappa shape index (κ2) is 3.98. The summed E-state index contributed by atoms with van der Waals surface area (Å²) in [5.74, 6) is 0.510. The zero-order chi connectivity index (χ0) is 10.8. The summed E-state index contributed by atoms with van der Waals surface area (Å²) in [6.07, 6.45) is 1.15. The first kappa shape index (κ1) is 11.0. The molecule has 0 aliphatic carbocycles. The number of sulfone groups is 1. The second-order valence-corrected chi connectivity index (χ2v) is 4.90. The van der Waals surface area contributed by atoms with E-state index < -0.39 is 9.84 Å². The van der Waals surface area contributed by atoms with E-state index in [-0.39, 0.29) is 11.4 Å². The Hall–Kier alpha value is -1.07. The molecule has 0 spiro atoms. The molecule has 1 aromatic carbocycles. The monoisotopic (exact) mass is 215 g/mol. The van der Waals surface area contributed by atoms with Crippen molar-refractivity contribution in [2.24, 2.45) is 5.73 Å². The van der Waals surface area contributed by atoms with Crippen molar-refractivity contribution in [1.82, 2.24) is 0 Å². The number of ether oxygens (including phenoxy) is 1. The van der Waals surface area contributed by atoms with Gasteiger partial charge in [0.15, 0.2) is 9.84 Å². The lowest BCUT2D eigenvalue weighted by Crippen LogP contribution is -2.08. The lowest BCUT2D eigenvalue weighted by molar-refractivity contribution is 0.408. The molecule has 0 aromatic heterocycles. The summed E-state index contributed by atoms with van der Waals surface area (Å²) in [6, 6.07) is 4.85. The standard InChI is InChI=1S/C9H13NO3S/c1-13-8-4-3-5-9(7(8)6-10)14(2,11)12/h3-5H,6,10H2,1-2H3. The van der Waals surface area contributed by atoms with Crippen molar-refractivity contribution in [3.8, 4) is 5.75 Å². The molecule has 0 radical (unpaired) electrons. The zero-order valence-corrected chi connectivity index (χ0v) is 8.97. The number of nitrogens with two attached hydrogens (primary N) is 1. The van der Waals surface area contributed by atoms with Gasteiger partial charge >= 0.3 is 0 Å². The normalized spacial score (nSPS) is 11.4. The predicted octanol–water partition coefficient (Wildman–Crippen LogP) is 0.557. The second-order valence-electron chi connectivity index (χ2n) is 2.91. The molecule has 0 heterocycles. The van der Waals surface area contributed by atoms with Crippen molar-refractivity contribution in [2.75, 3.05) is 13.4 Å². The lowest BCUT2D eigenvalue weighted by Gasteiger charge is -2.10. The Kier molecular flexibility index (Phi) is 3.13. The van der Waals surface area contributed by atoms with Crippen molar-refractivity contribution in [3.05, 3.63) is 23.8 Å². The summed E-state index contributed by atoms with van der Waals surface area (Å²) in [5.41, 5.74) is 6.00. The van der Waals surface area contributed by atoms with Crippen molar-refractivity contribution in [3.63, 3.8) is 0 Å². The molecule has 0 saturated heterocycles. The van der Waals surface area contributed by atoms with Crippen LogP contribution in [-0.2, 0) is 16.4 Å². The molecule has 0 fully saturated rings. The average Bonchev–Trinajstić information content (AvgIpc) is 2.15. The molecule has 0 saturated carbocycles. The molecule has 2 N–H and O–H groups in total. The molecule has 0 aliphatic rings. The summed E-state index contributed by atoms with van der Waals surface area (Å²) in [6.45, 7) is 0.145. The Morgan fingerprint density at radius 2 is 2.07 bits per heavy atom. The predicted molar refractivity (Wildman–Crippen MR) is 54.0 cm³/mol. The van der Waals surface area contributed by atoms with Crippen LogP contribution in [0.25, 0.3) is 0 Å². The van der Waals surface area contributed by atoms with Crippen LogP contribution in [0.2, 0.25) is 0 Å². The number of rotatable bonds is 3. The molecular weight excluding hydrogens is 202 g/mol. The smallest absolute Gasteiger partial charge is 0.175 e. The van der Waals surface area contributed by atoms with Crippen LogP contribution in [0.4, 0.5) is 0 Å². The minimum absolute atomic E-state index is 0.145. The van der Waals surface area contributed by atoms with E-state index in [9.17, 15) is 8.42 Å². The summed E-state index contributed by atoms with van der Waals surface area (Å²) in [7, 11) is -1.75. The van der Waals surface area contributed by atoms with Crippen molar-refractivity contribution in [1.29, 1.82) is 0 Å². The third-order valence-electron chi connectivity index (χ3n) is 1.91. The molecule has 1 aromatic rings. The van der Waals surface area contributed by atoms with E-state index in [2.05, 4.69) is 0 Å². The Morgan fingerprint density at radius 3 is 2.50 bits per heavy atom. The lowest BCUT2D eigenvalue weighted by atomic mass is 10.2. The SMILES string of the molecule is COc1cccc(S(C)(=O)=O)c1CN. The number of hydrogen-bond donors (Lipinski definition) is 1. The Morgan fingerprint density at radius 1 is 1.43 bits per heavy atom. The molecule has 4 nitrogen and oxygen atoms in total. The van der Waals surface area contributed by atoms with E-state index in [1.807, 2.05) is 0 Å². The van der Waals surface area contributed by atoms with Crippen molar-refractivity contribution >= 4 is 9.84 Å². The fourth-order valence-corrected chi connectivity index (χ4v) is 2.24. The fraction of sp³-hybridized carbons (Fsp3) is 0.333. The molecule has 5 heteroatoms. The van der Waals surface area contributed by atoms with Gasteiger partial charge < -0.3 is 10.5 Å². The molecule has 0 aliphatic heterocycles. The molecule has 14 heavy (non-hydrogen) atoms. The Balaban J connectivity index is 3.45. The van der Waals surface area contributed by atoms with Gasteiger partial charge in [-0.1, -0.05) is 6.07 Å². The first-order valence-corrected chi connectivity index (χ1v) is 5.96. The van der Waals surface area contributed by atoms with Gasteiger partial charge in [-0.25, -0.2) is 8.42 Å². The van der Waals surface area contributed by atoms with E-state index in [4.69, 9.17) is 10.5 Å². The molecule has 78 valence electrons. The minimum atomic E-state index is -3.24. The van der Waals surface area contributed by atoms with Crippen LogP contribution in [0.3, 0.4) is 0 Å². The van der Waals surface area contributed by atoms with E-state index in [0.29, 0.717) is 11.3 Å². The summed E-state index contributed by atoms with van der Waals surface area (Å²) in [5, 5.41) is 0. The molecule has 0 unspecified atom stereocenters. The van der Waals surface area contributed by atoms with E-state index in [1.165, 1.54) is 13.2 Å². The van der Waals surface area contributed by atoms with Crippen LogP contribution in [0.5, 0.6) is 5.75 Å². The Labute approximate surface area is 83.6 Å². The largest absolute Gasteiger partial charge is 0.496 e. The molecule has 0 bridgehead atoms. The highest BCUT2D eigenvalue weighted by Gasteiger charge is 2.15. The van der Waals surface area contributed by atoms with Crippen LogP contribution < -0.4 is 10.5 Å². The summed E-state index contributed by atoms with van der Waals surface area (Å²) in [4.78, 5) is 0.236. The van der Waals surface area contributed by atoms with Gasteiger partial charge in [-0.3, -0.25) is 0 Å². The summed E-state index contributed by atoms with van der Waals surface area (Å²) >= 11 is 0. The van der Waals surface area contributed by atoms with Crippen molar-refractivity contribution < 1.29 is 13.2 Å². The van der Waals surface area contributed by atoms with Gasteiger partial charge in [-0.2, -0.15) is 0 Å². The van der Waals surface area contributed by atoms with E-state index in [0.717, 1.165) is 6.26 Å². The fourth-order valence-electron chi connectivity index (χ4n) is 1.29. The highest BCUT2D eigenvalue weighted by atomic mass is 32.2. The quantitative estimate of drug-likeness (QED) is 0.799. The number of benzene rings is 1. The number of hydrogen-bond acceptors (Lipinski definition) is 4. The zero-order valence-electron chi connectivity index (χ0n) is 8.15. The van der Waals surface area contributed by atoms with Gasteiger partial charge in [0, 0.05) is 18.4 Å². The van der Waals surface area contributed by atoms with Gasteiger partial charge in [0.05, 0.1) is 12.0 Å². The first-order chi connectivity index (χ1) is 6.50. The highest BCUT2D eigenvalue weighted by Crippen LogP contribution is 2.24. The van der Waals surface area contributed by atoms with E-state index >= 15 is 0 Å². The molecule has 0 atom stereocenters. The van der Waals surface area contributed by atoms with Gasteiger partial charge in [0.2, 0.25) is 0 Å². The maximum Gasteiger partial charge on any atom is 0.175 e. The maximum atomic E-state index is 11.4. The van der Waals surface area contributed by atoms with Gasteiger partial charge in [0.1, 0.15) is 5.75 Å². The summed E-state index contributed by atoms with van der Waals surface area (Å²) < 4.78 is 27.8. The minimum Gasteiger partial charge on any atom is -0.496 e. The van der Waals surface area contributed by atoms with Crippen LogP contribution in [0, 0.1) is 0 Å². The maximum absolute atomic E-state index is 11.4. The molecular formula is C9H13NO3S. The third kappa shape index (κ3) is 2.05. The van der Waals surface area contributed by atoms with Crippen LogP contribution in [-0.4, -0.2) is 21.8 Å². The highest BCUT2D eigenvalue weighted by molar-refractivity contribution is 7.90. The van der Waals surface area contributed by atoms with Gasteiger partial charge in [0.25, 0.3) is 0 Å². The Bertz CT molecular complexity index is 426. The van der Waals surface area contributed by atoms with Gasteiger partial charge in [-0.15, -0.1) is 0 Å². The first-order valence-electron chi connectivity index (χ1n) is 4.06. The van der Waals surface area contributed by atoms with E-state index in [1.54, 1.807) is 12.1 Å². The third-order valence-corrected chi connectivity index (χ3v) is 3.09. The van der Waals surface area contributed by atoms with Gasteiger partial charge in [-0.05, 0) is 12.1 Å². The van der Waals surface area contributed by atoms with Crippen LogP contribution in [0.15, 0.2) is 23.1 Å².